The molecular weight excluding hydrogens is 392 g/mol. The minimum Gasteiger partial charge on any atom is -0.482 e. The summed E-state index contributed by atoms with van der Waals surface area (Å²) < 4.78 is 5.41. The number of hydrogen-bond donors (Lipinski definition) is 2. The Hall–Kier alpha value is -2.80. The predicted molar refractivity (Wildman–Crippen MR) is 114 cm³/mol. The Morgan fingerprint density at radius 1 is 1.38 bits per heavy atom. The number of nitrogens with zero attached hydrogens (tertiary/aromatic N) is 2. The lowest BCUT2D eigenvalue weighted by atomic mass is 9.83. The third-order valence-electron chi connectivity index (χ3n) is 4.86. The summed E-state index contributed by atoms with van der Waals surface area (Å²) in [6.07, 6.45) is 2.38. The maximum Gasteiger partial charge on any atom is 0.321 e. The molecule has 2 N–H and O–H groups in total. The first-order valence-electron chi connectivity index (χ1n) is 9.35. The van der Waals surface area contributed by atoms with Crippen LogP contribution in [-0.4, -0.2) is 41.5 Å². The number of fused-ring (bicyclic) bond motifs is 1. The van der Waals surface area contributed by atoms with Crippen LogP contribution in [0.15, 0.2) is 36.5 Å². The molecule has 154 valence electrons. The van der Waals surface area contributed by atoms with Gasteiger partial charge in [-0.15, -0.1) is 0 Å². The van der Waals surface area contributed by atoms with Gasteiger partial charge in [0.15, 0.2) is 6.61 Å². The van der Waals surface area contributed by atoms with E-state index in [2.05, 4.69) is 36.4 Å². The third-order valence-corrected chi connectivity index (χ3v) is 5.17. The quantitative estimate of drug-likeness (QED) is 0.782. The van der Waals surface area contributed by atoms with Gasteiger partial charge < -0.3 is 20.3 Å². The van der Waals surface area contributed by atoms with E-state index < -0.39 is 0 Å². The molecule has 1 aliphatic heterocycles. The van der Waals surface area contributed by atoms with Gasteiger partial charge in [-0.05, 0) is 23.6 Å². The summed E-state index contributed by atoms with van der Waals surface area (Å²) in [7, 11) is 1.76. The zero-order chi connectivity index (χ0) is 21.2. The third kappa shape index (κ3) is 4.98. The Bertz CT molecular complexity index is 912. The Kier molecular flexibility index (Phi) is 5.98. The highest BCUT2D eigenvalue weighted by Crippen LogP contribution is 2.36. The van der Waals surface area contributed by atoms with Crippen LogP contribution in [0, 0.1) is 5.41 Å². The van der Waals surface area contributed by atoms with Crippen LogP contribution in [0.3, 0.4) is 0 Å². The van der Waals surface area contributed by atoms with Crippen molar-refractivity contribution in [2.75, 3.05) is 24.3 Å². The topological polar surface area (TPSA) is 83.6 Å². The molecule has 1 unspecified atom stereocenters. The number of rotatable bonds is 4. The number of carbonyl (C=O) groups excluding carboxylic acids is 2. The fourth-order valence-corrected chi connectivity index (χ4v) is 3.49. The zero-order valence-corrected chi connectivity index (χ0v) is 17.7. The van der Waals surface area contributed by atoms with E-state index in [9.17, 15) is 9.59 Å². The molecule has 2 aromatic rings. The number of halogens is 1. The molecule has 0 spiro atoms. The number of amides is 3. The zero-order valence-electron chi connectivity index (χ0n) is 17.0. The molecule has 8 heteroatoms. The molecule has 0 fully saturated rings. The summed E-state index contributed by atoms with van der Waals surface area (Å²) in [5.74, 6) is 0.223. The van der Waals surface area contributed by atoms with E-state index in [1.165, 1.54) is 0 Å². The van der Waals surface area contributed by atoms with Crippen LogP contribution in [0.4, 0.5) is 16.2 Å². The highest BCUT2D eigenvalue weighted by Gasteiger charge is 2.32. The smallest absolute Gasteiger partial charge is 0.321 e. The van der Waals surface area contributed by atoms with Gasteiger partial charge in [-0.3, -0.25) is 9.78 Å². The van der Waals surface area contributed by atoms with Gasteiger partial charge in [-0.2, -0.15) is 0 Å². The maximum atomic E-state index is 13.0. The molecule has 0 aliphatic carbocycles. The lowest BCUT2D eigenvalue weighted by Crippen LogP contribution is -2.48. The van der Waals surface area contributed by atoms with Gasteiger partial charge in [0.25, 0.3) is 5.91 Å². The minimum atomic E-state index is -0.289. The summed E-state index contributed by atoms with van der Waals surface area (Å²) in [5, 5.41) is 5.86. The van der Waals surface area contributed by atoms with Crippen LogP contribution in [0.1, 0.15) is 26.5 Å². The number of ether oxygens (including phenoxy) is 1. The Balaban J connectivity index is 1.78. The molecule has 1 aromatic carbocycles. The largest absolute Gasteiger partial charge is 0.482 e. The van der Waals surface area contributed by atoms with Gasteiger partial charge in [-0.1, -0.05) is 38.4 Å². The van der Waals surface area contributed by atoms with E-state index in [1.807, 2.05) is 18.2 Å². The van der Waals surface area contributed by atoms with E-state index in [1.54, 1.807) is 30.3 Å². The van der Waals surface area contributed by atoms with Crippen LogP contribution in [-0.2, 0) is 11.2 Å². The van der Waals surface area contributed by atoms with Crippen LogP contribution in [0.5, 0.6) is 5.75 Å². The molecule has 7 nitrogen and oxygen atoms in total. The normalized spacial score (nSPS) is 14.3. The molecule has 0 saturated heterocycles. The first kappa shape index (κ1) is 20.9. The Morgan fingerprint density at radius 2 is 2.14 bits per heavy atom. The van der Waals surface area contributed by atoms with Crippen molar-refractivity contribution >= 4 is 34.9 Å². The predicted octanol–water partition coefficient (Wildman–Crippen LogP) is 4.19. The van der Waals surface area contributed by atoms with Crippen LogP contribution < -0.4 is 15.4 Å². The number of hydrogen-bond acceptors (Lipinski definition) is 4. The van der Waals surface area contributed by atoms with E-state index in [0.717, 1.165) is 5.69 Å². The van der Waals surface area contributed by atoms with Crippen LogP contribution in [0.25, 0.3) is 0 Å². The second-order valence-electron chi connectivity index (χ2n) is 8.11. The second-order valence-corrected chi connectivity index (χ2v) is 8.52. The van der Waals surface area contributed by atoms with Gasteiger partial charge in [-0.25, -0.2) is 4.79 Å². The first-order chi connectivity index (χ1) is 13.6. The molecule has 3 amide bonds. The molecule has 1 aromatic heterocycles. The van der Waals surface area contributed by atoms with E-state index in [-0.39, 0.29) is 30.0 Å². The lowest BCUT2D eigenvalue weighted by molar-refractivity contribution is -0.118. The number of urea groups is 1. The fraction of sp³-hybridized carbons (Fsp3) is 0.381. The van der Waals surface area contributed by atoms with Gasteiger partial charge in [0, 0.05) is 37.5 Å². The molecular formula is C21H25ClN4O3. The minimum absolute atomic E-state index is 0.0713. The highest BCUT2D eigenvalue weighted by molar-refractivity contribution is 6.34. The summed E-state index contributed by atoms with van der Waals surface area (Å²) in [6, 6.07) is 8.57. The summed E-state index contributed by atoms with van der Waals surface area (Å²) in [6.45, 7) is 6.20. The SMILES string of the molecule is CN(C(=O)Nc1cc2c(cc1Cl)NC(=O)CO2)C(Cc1ccccn1)C(C)(C)C. The van der Waals surface area contributed by atoms with Crippen LogP contribution in [0.2, 0.25) is 5.02 Å². The van der Waals surface area contributed by atoms with Crippen molar-refractivity contribution in [2.45, 2.75) is 33.2 Å². The van der Waals surface area contributed by atoms with Crippen molar-refractivity contribution in [1.29, 1.82) is 0 Å². The summed E-state index contributed by atoms with van der Waals surface area (Å²) in [4.78, 5) is 30.5. The van der Waals surface area contributed by atoms with Crippen molar-refractivity contribution < 1.29 is 14.3 Å². The number of benzene rings is 1. The van der Waals surface area contributed by atoms with Crippen molar-refractivity contribution in [3.05, 3.63) is 47.2 Å². The number of likely N-dealkylation sites (N-methyl/N-ethyl adjacent to an activating group) is 1. The number of carbonyl (C=O) groups is 2. The summed E-state index contributed by atoms with van der Waals surface area (Å²) in [5.41, 5.74) is 1.66. The average Bonchev–Trinajstić information content (AvgIpc) is 2.66. The Morgan fingerprint density at radius 3 is 2.79 bits per heavy atom. The monoisotopic (exact) mass is 416 g/mol. The second kappa shape index (κ2) is 8.29. The first-order valence-corrected chi connectivity index (χ1v) is 9.73. The molecule has 29 heavy (non-hydrogen) atoms. The Labute approximate surface area is 175 Å². The van der Waals surface area contributed by atoms with Gasteiger partial charge >= 0.3 is 6.03 Å². The molecule has 1 aliphatic rings. The molecule has 1 atom stereocenters. The maximum absolute atomic E-state index is 13.0. The van der Waals surface area contributed by atoms with E-state index in [4.69, 9.17) is 16.3 Å². The number of aromatic nitrogens is 1. The number of pyridine rings is 1. The molecule has 2 heterocycles. The van der Waals surface area contributed by atoms with Crippen LogP contribution >= 0.6 is 11.6 Å². The standard InChI is InChI=1S/C21H25ClN4O3/c1-21(2,3)18(9-13-7-5-6-8-23-13)26(4)20(28)25-15-11-17-16(10-14(15)22)24-19(27)12-29-17/h5-8,10-11,18H,9,12H2,1-4H3,(H,24,27)(H,25,28). The van der Waals surface area contributed by atoms with E-state index >= 15 is 0 Å². The fourth-order valence-electron chi connectivity index (χ4n) is 3.28. The van der Waals surface area contributed by atoms with Gasteiger partial charge in [0.1, 0.15) is 5.75 Å². The molecule has 0 saturated carbocycles. The van der Waals surface area contributed by atoms with Crippen molar-refractivity contribution in [3.8, 4) is 5.75 Å². The molecule has 0 bridgehead atoms. The average molecular weight is 417 g/mol. The van der Waals surface area contributed by atoms with Gasteiger partial charge in [0.05, 0.1) is 16.4 Å². The van der Waals surface area contributed by atoms with E-state index in [0.29, 0.717) is 28.6 Å². The number of nitrogens with one attached hydrogen (secondary N) is 2. The highest BCUT2D eigenvalue weighted by atomic mass is 35.5. The van der Waals surface area contributed by atoms with Crippen molar-refractivity contribution in [3.63, 3.8) is 0 Å². The van der Waals surface area contributed by atoms with Gasteiger partial charge in [0.2, 0.25) is 0 Å². The molecule has 3 rings (SSSR count). The summed E-state index contributed by atoms with van der Waals surface area (Å²) >= 11 is 6.31. The number of anilines is 2. The van der Waals surface area contributed by atoms with Crippen molar-refractivity contribution in [2.24, 2.45) is 5.41 Å². The molecule has 0 radical (unpaired) electrons. The van der Waals surface area contributed by atoms with Crippen molar-refractivity contribution in [1.82, 2.24) is 9.88 Å². The lowest BCUT2D eigenvalue weighted by Gasteiger charge is -2.38.